The molecule has 1 N–H and O–H groups in total. The molecule has 28 heavy (non-hydrogen) atoms. The molecule has 1 aromatic rings. The van der Waals surface area contributed by atoms with Gasteiger partial charge in [-0.25, -0.2) is 4.79 Å². The summed E-state index contributed by atoms with van der Waals surface area (Å²) in [6.45, 7) is 5.80. The number of ether oxygens (including phenoxy) is 1. The summed E-state index contributed by atoms with van der Waals surface area (Å²) in [6, 6.07) is 4.56. The molecule has 2 saturated carbocycles. The summed E-state index contributed by atoms with van der Waals surface area (Å²) < 4.78 is 7.35. The second-order valence-electron chi connectivity index (χ2n) is 8.11. The van der Waals surface area contributed by atoms with E-state index in [2.05, 4.69) is 16.8 Å². The van der Waals surface area contributed by atoms with E-state index in [9.17, 15) is 14.9 Å². The normalized spacial score (nSPS) is 22.4. The van der Waals surface area contributed by atoms with Gasteiger partial charge in [0, 0.05) is 23.5 Å². The first-order valence-corrected chi connectivity index (χ1v) is 10.2. The SMILES string of the molecule is Cc1cc(/C=C(\C#N)C(=O)OCC(=O)N[C@H]2CCCC[C@H]2C)c(C)n1C1CC1. The van der Waals surface area contributed by atoms with E-state index in [0.717, 1.165) is 36.2 Å². The van der Waals surface area contributed by atoms with Gasteiger partial charge in [0.05, 0.1) is 0 Å². The number of nitrogens with zero attached hydrogens (tertiary/aromatic N) is 2. The highest BCUT2D eigenvalue weighted by Crippen LogP contribution is 2.38. The second-order valence-corrected chi connectivity index (χ2v) is 8.11. The highest BCUT2D eigenvalue weighted by molar-refractivity contribution is 5.99. The van der Waals surface area contributed by atoms with E-state index in [1.807, 2.05) is 26.0 Å². The highest BCUT2D eigenvalue weighted by Gasteiger charge is 2.27. The summed E-state index contributed by atoms with van der Waals surface area (Å²) in [5.41, 5.74) is 2.93. The monoisotopic (exact) mass is 383 g/mol. The molecular weight excluding hydrogens is 354 g/mol. The number of aryl methyl sites for hydroxylation is 1. The van der Waals surface area contributed by atoms with Gasteiger partial charge in [0.1, 0.15) is 11.6 Å². The lowest BCUT2D eigenvalue weighted by atomic mass is 9.86. The van der Waals surface area contributed by atoms with Crippen molar-refractivity contribution in [1.82, 2.24) is 9.88 Å². The lowest BCUT2D eigenvalue weighted by Crippen LogP contribution is -2.42. The smallest absolute Gasteiger partial charge is 0.349 e. The molecule has 2 aliphatic rings. The van der Waals surface area contributed by atoms with Crippen molar-refractivity contribution in [3.8, 4) is 6.07 Å². The molecule has 6 nitrogen and oxygen atoms in total. The molecular formula is C22H29N3O3. The van der Waals surface area contributed by atoms with Gasteiger partial charge >= 0.3 is 5.97 Å². The fraction of sp³-hybridized carbons (Fsp3) is 0.591. The first-order valence-electron chi connectivity index (χ1n) is 10.2. The van der Waals surface area contributed by atoms with Gasteiger partial charge in [-0.15, -0.1) is 0 Å². The summed E-state index contributed by atoms with van der Waals surface area (Å²) in [6.07, 6.45) is 8.26. The fourth-order valence-corrected chi connectivity index (χ4v) is 4.12. The van der Waals surface area contributed by atoms with Gasteiger partial charge in [-0.1, -0.05) is 19.8 Å². The minimum Gasteiger partial charge on any atom is -0.451 e. The lowest BCUT2D eigenvalue weighted by molar-refractivity contribution is -0.144. The quantitative estimate of drug-likeness (QED) is 0.462. The van der Waals surface area contributed by atoms with Crippen molar-refractivity contribution in [1.29, 1.82) is 5.26 Å². The van der Waals surface area contributed by atoms with E-state index in [1.54, 1.807) is 6.08 Å². The van der Waals surface area contributed by atoms with Crippen LogP contribution in [0.15, 0.2) is 11.6 Å². The molecule has 6 heteroatoms. The standard InChI is InChI=1S/C22H29N3O3/c1-14-6-4-5-7-20(14)24-21(26)13-28-22(27)18(12-23)11-17-10-15(2)25(16(17)3)19-8-9-19/h10-11,14,19-20H,4-9,13H2,1-3H3,(H,24,26)/b18-11+/t14-,20+/m1/s1. The van der Waals surface area contributed by atoms with E-state index in [-0.39, 0.29) is 24.1 Å². The zero-order chi connectivity index (χ0) is 20.3. The summed E-state index contributed by atoms with van der Waals surface area (Å²) >= 11 is 0. The number of aromatic nitrogens is 1. The van der Waals surface area contributed by atoms with Gasteiger partial charge in [-0.2, -0.15) is 5.26 Å². The number of hydrogen-bond donors (Lipinski definition) is 1. The van der Waals surface area contributed by atoms with Crippen LogP contribution in [0.4, 0.5) is 0 Å². The highest BCUT2D eigenvalue weighted by atomic mass is 16.5. The number of carbonyl (C=O) groups excluding carboxylic acids is 2. The second kappa shape index (κ2) is 8.64. The molecule has 3 rings (SSSR count). The summed E-state index contributed by atoms with van der Waals surface area (Å²) in [7, 11) is 0. The predicted molar refractivity (Wildman–Crippen MR) is 106 cm³/mol. The maximum Gasteiger partial charge on any atom is 0.349 e. The summed E-state index contributed by atoms with van der Waals surface area (Å²) in [4.78, 5) is 24.4. The average molecular weight is 383 g/mol. The van der Waals surface area contributed by atoms with Gasteiger partial charge in [0.15, 0.2) is 6.61 Å². The number of amides is 1. The zero-order valence-electron chi connectivity index (χ0n) is 17.0. The first-order chi connectivity index (χ1) is 13.4. The Morgan fingerprint density at radius 2 is 2.00 bits per heavy atom. The maximum absolute atomic E-state index is 12.3. The van der Waals surface area contributed by atoms with Crippen LogP contribution in [-0.4, -0.2) is 29.1 Å². The Kier molecular flexibility index (Phi) is 6.23. The molecule has 0 bridgehead atoms. The Hall–Kier alpha value is -2.55. The Balaban J connectivity index is 1.59. The third-order valence-corrected chi connectivity index (χ3v) is 5.87. The minimum atomic E-state index is -0.759. The molecule has 0 radical (unpaired) electrons. The average Bonchev–Trinajstić information content (AvgIpc) is 3.45. The van der Waals surface area contributed by atoms with Crippen LogP contribution in [0, 0.1) is 31.1 Å². The minimum absolute atomic E-state index is 0.0881. The molecule has 0 unspecified atom stereocenters. The lowest BCUT2D eigenvalue weighted by Gasteiger charge is -2.29. The molecule has 0 aliphatic heterocycles. The maximum atomic E-state index is 12.3. The Bertz CT molecular complexity index is 827. The number of hydrogen-bond acceptors (Lipinski definition) is 4. The van der Waals surface area contributed by atoms with Crippen molar-refractivity contribution in [3.63, 3.8) is 0 Å². The molecule has 1 heterocycles. The molecule has 0 saturated heterocycles. The van der Waals surface area contributed by atoms with Crippen molar-refractivity contribution in [2.24, 2.45) is 5.92 Å². The zero-order valence-corrected chi connectivity index (χ0v) is 17.0. The number of nitrogens with one attached hydrogen (secondary N) is 1. The molecule has 0 aromatic carbocycles. The van der Waals surface area contributed by atoms with Gasteiger partial charge in [-0.05, 0) is 63.2 Å². The number of esters is 1. The summed E-state index contributed by atoms with van der Waals surface area (Å²) in [5, 5.41) is 12.3. The van der Waals surface area contributed by atoms with Crippen molar-refractivity contribution in [2.45, 2.75) is 71.4 Å². The van der Waals surface area contributed by atoms with Crippen LogP contribution in [0.3, 0.4) is 0 Å². The molecule has 1 amide bonds. The Morgan fingerprint density at radius 1 is 1.29 bits per heavy atom. The van der Waals surface area contributed by atoms with E-state index in [4.69, 9.17) is 4.74 Å². The van der Waals surface area contributed by atoms with Gasteiger partial charge in [0.2, 0.25) is 0 Å². The molecule has 2 atom stereocenters. The van der Waals surface area contributed by atoms with Crippen LogP contribution in [0.1, 0.15) is 68.4 Å². The van der Waals surface area contributed by atoms with Crippen LogP contribution >= 0.6 is 0 Å². The molecule has 2 aliphatic carbocycles. The molecule has 2 fully saturated rings. The van der Waals surface area contributed by atoms with Crippen LogP contribution in [0.5, 0.6) is 0 Å². The topological polar surface area (TPSA) is 84.1 Å². The molecule has 1 aromatic heterocycles. The largest absolute Gasteiger partial charge is 0.451 e. The molecule has 150 valence electrons. The predicted octanol–water partition coefficient (Wildman–Crippen LogP) is 3.58. The number of nitriles is 1. The summed E-state index contributed by atoms with van der Waals surface area (Å²) in [5.74, 6) is -0.633. The van der Waals surface area contributed by atoms with E-state index < -0.39 is 5.97 Å². The Morgan fingerprint density at radius 3 is 2.64 bits per heavy atom. The van der Waals surface area contributed by atoms with E-state index in [0.29, 0.717) is 12.0 Å². The van der Waals surface area contributed by atoms with Crippen molar-refractivity contribution in [2.75, 3.05) is 6.61 Å². The third-order valence-electron chi connectivity index (χ3n) is 5.87. The first kappa shape index (κ1) is 20.2. The van der Waals surface area contributed by atoms with Crippen LogP contribution in [0.2, 0.25) is 0 Å². The van der Waals surface area contributed by atoms with Gasteiger partial charge in [-0.3, -0.25) is 4.79 Å². The Labute approximate surface area is 166 Å². The number of rotatable bonds is 6. The van der Waals surface area contributed by atoms with Crippen molar-refractivity contribution in [3.05, 3.63) is 28.6 Å². The third kappa shape index (κ3) is 4.64. The van der Waals surface area contributed by atoms with Crippen LogP contribution < -0.4 is 5.32 Å². The van der Waals surface area contributed by atoms with Gasteiger partial charge < -0.3 is 14.6 Å². The van der Waals surface area contributed by atoms with Crippen molar-refractivity contribution >= 4 is 18.0 Å². The molecule has 0 spiro atoms. The van der Waals surface area contributed by atoms with Crippen molar-refractivity contribution < 1.29 is 14.3 Å². The fourth-order valence-electron chi connectivity index (χ4n) is 4.12. The van der Waals surface area contributed by atoms with Crippen LogP contribution in [0.25, 0.3) is 6.08 Å². The number of carbonyl (C=O) groups is 2. The van der Waals surface area contributed by atoms with E-state index in [1.165, 1.54) is 19.3 Å². The van der Waals surface area contributed by atoms with E-state index >= 15 is 0 Å². The van der Waals surface area contributed by atoms with Gasteiger partial charge in [0.25, 0.3) is 5.91 Å². The van der Waals surface area contributed by atoms with Crippen LogP contribution in [-0.2, 0) is 14.3 Å².